The number of nitriles is 1. The molecule has 1 atom stereocenters. The van der Waals surface area contributed by atoms with Gasteiger partial charge < -0.3 is 4.90 Å². The molecule has 0 N–H and O–H groups in total. The molecule has 0 spiro atoms. The minimum atomic E-state index is -0.472. The van der Waals surface area contributed by atoms with Gasteiger partial charge in [0.05, 0.1) is 6.07 Å². The van der Waals surface area contributed by atoms with Crippen molar-refractivity contribution in [3.63, 3.8) is 0 Å². The predicted octanol–water partition coefficient (Wildman–Crippen LogP) is 2.33. The molecule has 0 aromatic carbocycles. The van der Waals surface area contributed by atoms with Crippen LogP contribution in [0.5, 0.6) is 0 Å². The molecular formula is C13H20N2O. The third-order valence-electron chi connectivity index (χ3n) is 4.33. The van der Waals surface area contributed by atoms with Gasteiger partial charge in [0.25, 0.3) is 0 Å². The van der Waals surface area contributed by atoms with Crippen molar-refractivity contribution < 1.29 is 4.79 Å². The number of carbonyl (C=O) groups is 1. The number of amides is 1. The van der Waals surface area contributed by atoms with E-state index in [0.717, 1.165) is 25.2 Å². The zero-order valence-electron chi connectivity index (χ0n) is 10.2. The van der Waals surface area contributed by atoms with E-state index in [2.05, 4.69) is 13.0 Å². The number of hydrogen-bond acceptors (Lipinski definition) is 2. The molecule has 0 aliphatic heterocycles. The molecule has 0 aromatic heterocycles. The molecule has 2 aliphatic rings. The van der Waals surface area contributed by atoms with Gasteiger partial charge in [-0.2, -0.15) is 5.26 Å². The Morgan fingerprint density at radius 2 is 2.19 bits per heavy atom. The smallest absolute Gasteiger partial charge is 0.223 e. The molecule has 0 aromatic rings. The fourth-order valence-corrected chi connectivity index (χ4v) is 2.52. The van der Waals surface area contributed by atoms with Crippen molar-refractivity contribution in [3.05, 3.63) is 0 Å². The minimum absolute atomic E-state index is 0.153. The summed E-state index contributed by atoms with van der Waals surface area (Å²) in [6.07, 6.45) is 5.95. The third kappa shape index (κ3) is 1.93. The maximum atomic E-state index is 12.1. The fourth-order valence-electron chi connectivity index (χ4n) is 2.52. The zero-order chi connectivity index (χ0) is 11.8. The van der Waals surface area contributed by atoms with E-state index in [4.69, 9.17) is 5.26 Å². The summed E-state index contributed by atoms with van der Waals surface area (Å²) < 4.78 is 0. The van der Waals surface area contributed by atoms with E-state index in [1.54, 1.807) is 11.9 Å². The lowest BCUT2D eigenvalue weighted by atomic mass is 9.76. The van der Waals surface area contributed by atoms with Crippen LogP contribution in [0.2, 0.25) is 0 Å². The van der Waals surface area contributed by atoms with E-state index in [1.807, 2.05) is 0 Å². The Balaban J connectivity index is 1.91. The van der Waals surface area contributed by atoms with Gasteiger partial charge in [0, 0.05) is 13.5 Å². The van der Waals surface area contributed by atoms with Crippen molar-refractivity contribution in [2.45, 2.75) is 51.0 Å². The maximum Gasteiger partial charge on any atom is 0.223 e. The second-order valence-electron chi connectivity index (χ2n) is 5.47. The molecule has 0 bridgehead atoms. The Bertz CT molecular complexity index is 323. The Morgan fingerprint density at radius 1 is 1.56 bits per heavy atom. The average molecular weight is 220 g/mol. The molecule has 0 saturated heterocycles. The SMILES string of the molecule is CC(CC(=O)N(C)C1(C#N)CCC1)C1CC1. The highest BCUT2D eigenvalue weighted by Crippen LogP contribution is 2.40. The third-order valence-corrected chi connectivity index (χ3v) is 4.33. The largest absolute Gasteiger partial charge is 0.327 e. The van der Waals surface area contributed by atoms with Gasteiger partial charge in [0.1, 0.15) is 5.54 Å². The molecule has 2 rings (SSSR count). The molecule has 3 heteroatoms. The van der Waals surface area contributed by atoms with Crippen LogP contribution in [0.1, 0.15) is 45.4 Å². The summed E-state index contributed by atoms with van der Waals surface area (Å²) in [6, 6.07) is 2.32. The zero-order valence-corrected chi connectivity index (χ0v) is 10.2. The number of nitrogens with zero attached hydrogens (tertiary/aromatic N) is 2. The summed E-state index contributed by atoms with van der Waals surface area (Å²) in [4.78, 5) is 13.8. The van der Waals surface area contributed by atoms with Crippen molar-refractivity contribution in [1.82, 2.24) is 4.90 Å². The Kier molecular flexibility index (Phi) is 2.92. The van der Waals surface area contributed by atoms with Crippen LogP contribution in [0, 0.1) is 23.2 Å². The standard InChI is InChI=1S/C13H20N2O/c1-10(11-4-5-11)8-12(16)15(2)13(9-14)6-3-7-13/h10-11H,3-8H2,1-2H3. The first kappa shape index (κ1) is 11.4. The lowest BCUT2D eigenvalue weighted by molar-refractivity contribution is -0.137. The second-order valence-corrected chi connectivity index (χ2v) is 5.47. The topological polar surface area (TPSA) is 44.1 Å². The van der Waals surface area contributed by atoms with Crippen LogP contribution in [0.25, 0.3) is 0 Å². The first-order chi connectivity index (χ1) is 7.59. The van der Waals surface area contributed by atoms with Crippen LogP contribution in [0.3, 0.4) is 0 Å². The van der Waals surface area contributed by atoms with Crippen molar-refractivity contribution in [2.24, 2.45) is 11.8 Å². The molecule has 2 fully saturated rings. The van der Waals surface area contributed by atoms with E-state index in [9.17, 15) is 4.79 Å². The van der Waals surface area contributed by atoms with Crippen molar-refractivity contribution in [3.8, 4) is 6.07 Å². The van der Waals surface area contributed by atoms with Crippen LogP contribution in [-0.4, -0.2) is 23.4 Å². The summed E-state index contributed by atoms with van der Waals surface area (Å²) in [5.41, 5.74) is -0.472. The second kappa shape index (κ2) is 4.08. The van der Waals surface area contributed by atoms with Gasteiger partial charge in [-0.3, -0.25) is 4.79 Å². The average Bonchev–Trinajstić information content (AvgIpc) is 2.99. The summed E-state index contributed by atoms with van der Waals surface area (Å²) >= 11 is 0. The fraction of sp³-hybridized carbons (Fsp3) is 0.846. The highest BCUT2D eigenvalue weighted by atomic mass is 16.2. The minimum Gasteiger partial charge on any atom is -0.327 e. The summed E-state index contributed by atoms with van der Waals surface area (Å²) in [5.74, 6) is 1.41. The van der Waals surface area contributed by atoms with Gasteiger partial charge in [-0.15, -0.1) is 0 Å². The van der Waals surface area contributed by atoms with E-state index in [1.165, 1.54) is 12.8 Å². The van der Waals surface area contributed by atoms with Crippen LogP contribution < -0.4 is 0 Å². The van der Waals surface area contributed by atoms with E-state index >= 15 is 0 Å². The van der Waals surface area contributed by atoms with Gasteiger partial charge >= 0.3 is 0 Å². The van der Waals surface area contributed by atoms with Gasteiger partial charge in [0.2, 0.25) is 5.91 Å². The monoisotopic (exact) mass is 220 g/mol. The summed E-state index contributed by atoms with van der Waals surface area (Å²) in [7, 11) is 1.80. The van der Waals surface area contributed by atoms with E-state index < -0.39 is 5.54 Å². The summed E-state index contributed by atoms with van der Waals surface area (Å²) in [6.45, 7) is 2.16. The highest BCUT2D eigenvalue weighted by molar-refractivity contribution is 5.77. The van der Waals surface area contributed by atoms with E-state index in [0.29, 0.717) is 12.3 Å². The van der Waals surface area contributed by atoms with Crippen LogP contribution >= 0.6 is 0 Å². The van der Waals surface area contributed by atoms with Gasteiger partial charge in [0.15, 0.2) is 0 Å². The Hall–Kier alpha value is -1.04. The molecule has 2 aliphatic carbocycles. The van der Waals surface area contributed by atoms with Crippen LogP contribution in [-0.2, 0) is 4.79 Å². The van der Waals surface area contributed by atoms with Crippen LogP contribution in [0.15, 0.2) is 0 Å². The molecule has 2 saturated carbocycles. The first-order valence-corrected chi connectivity index (χ1v) is 6.27. The molecular weight excluding hydrogens is 200 g/mol. The molecule has 16 heavy (non-hydrogen) atoms. The number of hydrogen-bond donors (Lipinski definition) is 0. The first-order valence-electron chi connectivity index (χ1n) is 6.27. The molecule has 88 valence electrons. The quantitative estimate of drug-likeness (QED) is 0.729. The van der Waals surface area contributed by atoms with Gasteiger partial charge in [-0.25, -0.2) is 0 Å². The summed E-state index contributed by atoms with van der Waals surface area (Å²) in [5, 5.41) is 9.17. The lowest BCUT2D eigenvalue weighted by Crippen LogP contribution is -2.53. The molecule has 3 nitrogen and oxygen atoms in total. The van der Waals surface area contributed by atoms with Crippen molar-refractivity contribution in [1.29, 1.82) is 5.26 Å². The normalized spacial score (nSPS) is 24.1. The highest BCUT2D eigenvalue weighted by Gasteiger charge is 2.43. The van der Waals surface area contributed by atoms with Gasteiger partial charge in [-0.1, -0.05) is 6.92 Å². The molecule has 0 radical (unpaired) electrons. The Labute approximate surface area is 97.4 Å². The molecule has 0 heterocycles. The molecule has 1 unspecified atom stereocenters. The van der Waals surface area contributed by atoms with Crippen molar-refractivity contribution in [2.75, 3.05) is 7.05 Å². The number of carbonyl (C=O) groups excluding carboxylic acids is 1. The van der Waals surface area contributed by atoms with Gasteiger partial charge in [-0.05, 0) is 43.9 Å². The predicted molar refractivity (Wildman–Crippen MR) is 61.5 cm³/mol. The Morgan fingerprint density at radius 3 is 2.56 bits per heavy atom. The molecule has 1 amide bonds. The van der Waals surface area contributed by atoms with Crippen molar-refractivity contribution >= 4 is 5.91 Å². The van der Waals surface area contributed by atoms with Crippen LogP contribution in [0.4, 0.5) is 0 Å². The van der Waals surface area contributed by atoms with E-state index in [-0.39, 0.29) is 5.91 Å². The maximum absolute atomic E-state index is 12.1. The number of rotatable bonds is 4. The lowest BCUT2D eigenvalue weighted by Gasteiger charge is -2.43.